The van der Waals surface area contributed by atoms with Gasteiger partial charge in [0.1, 0.15) is 5.69 Å². The monoisotopic (exact) mass is 393 g/mol. The Morgan fingerprint density at radius 3 is 2.56 bits per heavy atom. The van der Waals surface area contributed by atoms with Crippen molar-refractivity contribution in [2.45, 2.75) is 51.5 Å². The van der Waals surface area contributed by atoms with Crippen LogP contribution in [0.25, 0.3) is 0 Å². The van der Waals surface area contributed by atoms with Crippen LogP contribution in [-0.4, -0.2) is 64.9 Å². The predicted octanol–water partition coefficient (Wildman–Crippen LogP) is 2.28. The summed E-state index contributed by atoms with van der Waals surface area (Å²) in [4.78, 5) is 45.6. The molecular weight excluding hydrogens is 366 g/mol. The van der Waals surface area contributed by atoms with E-state index in [4.69, 9.17) is 4.74 Å². The van der Waals surface area contributed by atoms with Crippen LogP contribution in [0.3, 0.4) is 0 Å². The van der Waals surface area contributed by atoms with Gasteiger partial charge in [0.2, 0.25) is 5.91 Å². The van der Waals surface area contributed by atoms with E-state index in [1.807, 2.05) is 17.2 Å². The molecule has 2 saturated heterocycles. The number of piperidine rings is 1. The van der Waals surface area contributed by atoms with Gasteiger partial charge in [0, 0.05) is 37.4 Å². The van der Waals surface area contributed by atoms with Crippen molar-refractivity contribution in [2.24, 2.45) is 5.92 Å². The highest BCUT2D eigenvalue weighted by Gasteiger charge is 2.56. The van der Waals surface area contributed by atoms with E-state index in [0.29, 0.717) is 44.1 Å². The van der Waals surface area contributed by atoms with Crippen LogP contribution in [0.4, 0.5) is 0 Å². The molecule has 3 heterocycles. The summed E-state index contributed by atoms with van der Waals surface area (Å²) in [5.74, 6) is -0.576. The van der Waals surface area contributed by atoms with Crippen LogP contribution in [0.1, 0.15) is 61.4 Å². The number of hydrogen-bond donors (Lipinski definition) is 0. The van der Waals surface area contributed by atoms with Crippen LogP contribution in [0.5, 0.6) is 0 Å². The zero-order chi connectivity index (χ0) is 19.8. The first kappa shape index (κ1) is 19.8. The average molecular weight is 394 g/mol. The van der Waals surface area contributed by atoms with Crippen molar-refractivity contribution in [1.29, 1.82) is 0 Å². The van der Waals surface area contributed by atoms with Crippen LogP contribution >= 0.6 is 11.3 Å². The number of amides is 2. The number of carbonyl (C=O) groups excluding carboxylic acids is 3. The second-order valence-corrected chi connectivity index (χ2v) is 8.43. The number of carbonyl (C=O) groups is 3. The topological polar surface area (TPSA) is 79.8 Å². The van der Waals surface area contributed by atoms with Gasteiger partial charge in [0.05, 0.1) is 23.6 Å². The van der Waals surface area contributed by atoms with E-state index in [9.17, 15) is 14.4 Å². The molecule has 2 aliphatic rings. The molecule has 1 unspecified atom stereocenters. The number of nitrogens with zero attached hydrogens (tertiary/aromatic N) is 3. The van der Waals surface area contributed by atoms with Gasteiger partial charge in [0.25, 0.3) is 5.91 Å². The summed E-state index contributed by atoms with van der Waals surface area (Å²) in [7, 11) is 1.36. The minimum absolute atomic E-state index is 0.00578. The van der Waals surface area contributed by atoms with E-state index in [0.717, 1.165) is 5.01 Å². The van der Waals surface area contributed by atoms with E-state index in [-0.39, 0.29) is 24.2 Å². The van der Waals surface area contributed by atoms with Gasteiger partial charge in [-0.3, -0.25) is 14.4 Å². The molecule has 1 spiro atoms. The summed E-state index contributed by atoms with van der Waals surface area (Å²) in [5, 5.41) is 2.77. The summed E-state index contributed by atoms with van der Waals surface area (Å²) in [6, 6.07) is 0. The Hall–Kier alpha value is -1.96. The Balaban J connectivity index is 1.76. The Kier molecular flexibility index (Phi) is 5.55. The largest absolute Gasteiger partial charge is 0.469 e. The third-order valence-corrected chi connectivity index (χ3v) is 6.96. The highest BCUT2D eigenvalue weighted by molar-refractivity contribution is 7.09. The van der Waals surface area contributed by atoms with Crippen molar-refractivity contribution < 1.29 is 19.1 Å². The van der Waals surface area contributed by atoms with Gasteiger partial charge in [0.15, 0.2) is 0 Å². The molecule has 27 heavy (non-hydrogen) atoms. The fourth-order valence-corrected chi connectivity index (χ4v) is 5.19. The first-order chi connectivity index (χ1) is 12.8. The SMILES string of the molecule is CCN1C(=O)CC(C(=O)OC)C12CCN(C(=O)c1csc(C(C)C)n1)CC2. The lowest BCUT2D eigenvalue weighted by molar-refractivity contribution is -0.150. The van der Waals surface area contributed by atoms with Crippen molar-refractivity contribution in [3.63, 3.8) is 0 Å². The molecule has 0 saturated carbocycles. The quantitative estimate of drug-likeness (QED) is 0.733. The van der Waals surface area contributed by atoms with E-state index < -0.39 is 11.5 Å². The molecule has 0 N–H and O–H groups in total. The predicted molar refractivity (Wildman–Crippen MR) is 102 cm³/mol. The number of methoxy groups -OCH3 is 1. The summed E-state index contributed by atoms with van der Waals surface area (Å²) >= 11 is 1.51. The lowest BCUT2D eigenvalue weighted by Crippen LogP contribution is -2.58. The average Bonchev–Trinajstić information content (AvgIpc) is 3.25. The number of aromatic nitrogens is 1. The Morgan fingerprint density at radius 1 is 1.37 bits per heavy atom. The molecule has 1 aromatic rings. The van der Waals surface area contributed by atoms with Gasteiger partial charge < -0.3 is 14.5 Å². The highest BCUT2D eigenvalue weighted by Crippen LogP contribution is 2.44. The minimum atomic E-state index is -0.541. The van der Waals surface area contributed by atoms with E-state index >= 15 is 0 Å². The number of rotatable bonds is 4. The molecular formula is C19H27N3O4S. The molecule has 3 rings (SSSR count). The lowest BCUT2D eigenvalue weighted by atomic mass is 9.76. The van der Waals surface area contributed by atoms with E-state index in [2.05, 4.69) is 18.8 Å². The van der Waals surface area contributed by atoms with Crippen molar-refractivity contribution in [2.75, 3.05) is 26.7 Å². The summed E-state index contributed by atoms with van der Waals surface area (Å²) in [6.07, 6.45) is 1.36. The highest BCUT2D eigenvalue weighted by atomic mass is 32.1. The van der Waals surface area contributed by atoms with Crippen LogP contribution < -0.4 is 0 Å². The second kappa shape index (κ2) is 7.58. The smallest absolute Gasteiger partial charge is 0.311 e. The molecule has 0 aliphatic carbocycles. The Labute approximate surface area is 163 Å². The van der Waals surface area contributed by atoms with Crippen molar-refractivity contribution in [3.05, 3.63) is 16.1 Å². The fraction of sp³-hybridized carbons (Fsp3) is 0.684. The molecule has 2 aliphatic heterocycles. The lowest BCUT2D eigenvalue weighted by Gasteiger charge is -2.46. The molecule has 148 valence electrons. The van der Waals surface area contributed by atoms with Gasteiger partial charge in [-0.05, 0) is 19.8 Å². The zero-order valence-electron chi connectivity index (χ0n) is 16.4. The molecule has 8 heteroatoms. The van der Waals surface area contributed by atoms with Gasteiger partial charge in [-0.15, -0.1) is 11.3 Å². The van der Waals surface area contributed by atoms with Crippen molar-refractivity contribution >= 4 is 29.1 Å². The third kappa shape index (κ3) is 3.35. The van der Waals surface area contributed by atoms with Crippen LogP contribution in [0.15, 0.2) is 5.38 Å². The van der Waals surface area contributed by atoms with Gasteiger partial charge in [-0.2, -0.15) is 0 Å². The van der Waals surface area contributed by atoms with Gasteiger partial charge in [-0.1, -0.05) is 13.8 Å². The second-order valence-electron chi connectivity index (χ2n) is 7.54. The number of esters is 1. The Morgan fingerprint density at radius 2 is 2.04 bits per heavy atom. The molecule has 1 atom stereocenters. The number of thiazole rings is 1. The maximum Gasteiger partial charge on any atom is 0.311 e. The molecule has 0 bridgehead atoms. The number of hydrogen-bond acceptors (Lipinski definition) is 6. The van der Waals surface area contributed by atoms with Crippen LogP contribution in [0.2, 0.25) is 0 Å². The van der Waals surface area contributed by atoms with Crippen LogP contribution in [-0.2, 0) is 14.3 Å². The van der Waals surface area contributed by atoms with Crippen LogP contribution in [0, 0.1) is 5.92 Å². The van der Waals surface area contributed by atoms with Crippen molar-refractivity contribution in [3.8, 4) is 0 Å². The Bertz CT molecular complexity index is 735. The van der Waals surface area contributed by atoms with Crippen molar-refractivity contribution in [1.82, 2.24) is 14.8 Å². The minimum Gasteiger partial charge on any atom is -0.469 e. The standard InChI is InChI=1S/C19H27N3O4S/c1-5-22-15(23)10-13(18(25)26-4)19(22)6-8-21(9-7-19)17(24)14-11-27-16(20-14)12(2)3/h11-13H,5-10H2,1-4H3. The molecule has 0 aromatic carbocycles. The molecule has 2 fully saturated rings. The number of ether oxygens (including phenoxy) is 1. The van der Waals surface area contributed by atoms with E-state index in [1.165, 1.54) is 18.4 Å². The normalized spacial score (nSPS) is 22.0. The third-order valence-electron chi connectivity index (χ3n) is 5.82. The molecule has 7 nitrogen and oxygen atoms in total. The summed E-state index contributed by atoms with van der Waals surface area (Å²) in [5.41, 5.74) is -0.0556. The molecule has 0 radical (unpaired) electrons. The first-order valence-corrected chi connectivity index (χ1v) is 10.3. The van der Waals surface area contributed by atoms with Gasteiger partial charge >= 0.3 is 5.97 Å². The zero-order valence-corrected chi connectivity index (χ0v) is 17.2. The maximum atomic E-state index is 12.8. The van der Waals surface area contributed by atoms with Gasteiger partial charge in [-0.25, -0.2) is 4.98 Å². The molecule has 2 amide bonds. The van der Waals surface area contributed by atoms with E-state index in [1.54, 1.807) is 4.90 Å². The summed E-state index contributed by atoms with van der Waals surface area (Å²) in [6.45, 7) is 7.61. The maximum absolute atomic E-state index is 12.8. The fourth-order valence-electron chi connectivity index (χ4n) is 4.38. The molecule has 1 aromatic heterocycles. The number of likely N-dealkylation sites (tertiary alicyclic amines) is 2. The summed E-state index contributed by atoms with van der Waals surface area (Å²) < 4.78 is 4.96. The first-order valence-electron chi connectivity index (χ1n) is 9.47.